The van der Waals surface area contributed by atoms with Gasteiger partial charge in [0.1, 0.15) is 12.4 Å². The second-order valence-corrected chi connectivity index (χ2v) is 3.07. The number of hydrogen-bond acceptors (Lipinski definition) is 2. The molecule has 0 aliphatic rings. The van der Waals surface area contributed by atoms with Gasteiger partial charge in [0.25, 0.3) is 0 Å². The molecule has 0 amide bonds. The maximum atomic E-state index is 10.1. The first-order chi connectivity index (χ1) is 3.95. The van der Waals surface area contributed by atoms with Crippen molar-refractivity contribution in [3.63, 3.8) is 0 Å². The van der Waals surface area contributed by atoms with Crippen molar-refractivity contribution < 1.29 is 9.53 Å². The van der Waals surface area contributed by atoms with Crippen molar-refractivity contribution in [3.8, 4) is 0 Å². The lowest BCUT2D eigenvalue weighted by Gasteiger charge is -2.21. The van der Waals surface area contributed by atoms with E-state index in [2.05, 4.69) is 0 Å². The van der Waals surface area contributed by atoms with Crippen LogP contribution in [0, 0.1) is 0 Å². The fourth-order valence-corrected chi connectivity index (χ4v) is 0.585. The Morgan fingerprint density at radius 3 is 2.00 bits per heavy atom. The Bertz CT molecular complexity index is 91.6. The van der Waals surface area contributed by atoms with E-state index in [1.807, 2.05) is 20.8 Å². The van der Waals surface area contributed by atoms with Crippen LogP contribution in [0.25, 0.3) is 0 Å². The first-order valence-corrected chi connectivity index (χ1v) is 3.09. The van der Waals surface area contributed by atoms with Gasteiger partial charge in [-0.2, -0.15) is 0 Å². The Morgan fingerprint density at radius 1 is 1.44 bits per heavy atom. The topological polar surface area (TPSA) is 26.3 Å². The summed E-state index contributed by atoms with van der Waals surface area (Å²) in [5, 5.41) is 0. The van der Waals surface area contributed by atoms with Gasteiger partial charge in [-0.15, -0.1) is 0 Å². The van der Waals surface area contributed by atoms with Crippen molar-refractivity contribution in [1.29, 1.82) is 0 Å². The van der Waals surface area contributed by atoms with Crippen LogP contribution in [0.3, 0.4) is 0 Å². The third-order valence-corrected chi connectivity index (χ3v) is 0.731. The average molecular weight is 130 g/mol. The van der Waals surface area contributed by atoms with Gasteiger partial charge < -0.3 is 9.53 Å². The molecule has 0 saturated heterocycles. The first-order valence-electron chi connectivity index (χ1n) is 3.09. The molecule has 0 bridgehead atoms. The summed E-state index contributed by atoms with van der Waals surface area (Å²) in [5.74, 6) is 0. The van der Waals surface area contributed by atoms with E-state index in [9.17, 15) is 4.79 Å². The molecule has 0 heterocycles. The molecule has 1 unspecified atom stereocenters. The molecule has 0 saturated carbocycles. The highest BCUT2D eigenvalue weighted by Crippen LogP contribution is 2.08. The van der Waals surface area contributed by atoms with Gasteiger partial charge in [0, 0.05) is 0 Å². The van der Waals surface area contributed by atoms with Crippen LogP contribution in [0.4, 0.5) is 0 Å². The van der Waals surface area contributed by atoms with E-state index in [0.717, 1.165) is 6.29 Å². The Morgan fingerprint density at radius 2 is 1.89 bits per heavy atom. The SMILES string of the molecule is CC(C=O)OC(C)(C)C. The van der Waals surface area contributed by atoms with Crippen molar-refractivity contribution in [2.75, 3.05) is 0 Å². The Hall–Kier alpha value is -0.370. The van der Waals surface area contributed by atoms with E-state index in [0.29, 0.717) is 0 Å². The molecular weight excluding hydrogens is 116 g/mol. The minimum atomic E-state index is -0.287. The van der Waals surface area contributed by atoms with Crippen LogP contribution in [0.2, 0.25) is 0 Å². The van der Waals surface area contributed by atoms with Crippen LogP contribution in [-0.4, -0.2) is 18.0 Å². The molecule has 0 aliphatic heterocycles. The average Bonchev–Trinajstić information content (AvgIpc) is 1.62. The third kappa shape index (κ3) is 5.50. The summed E-state index contributed by atoms with van der Waals surface area (Å²) >= 11 is 0. The Balaban J connectivity index is 3.59. The van der Waals surface area contributed by atoms with Gasteiger partial charge in [-0.1, -0.05) is 0 Å². The zero-order valence-corrected chi connectivity index (χ0v) is 6.47. The van der Waals surface area contributed by atoms with Crippen molar-refractivity contribution in [1.82, 2.24) is 0 Å². The van der Waals surface area contributed by atoms with E-state index in [1.165, 1.54) is 0 Å². The molecule has 0 fully saturated rings. The molecule has 0 aliphatic carbocycles. The number of carbonyl (C=O) groups is 1. The lowest BCUT2D eigenvalue weighted by molar-refractivity contribution is -0.125. The summed E-state index contributed by atoms with van der Waals surface area (Å²) in [7, 11) is 0. The van der Waals surface area contributed by atoms with Gasteiger partial charge in [0.15, 0.2) is 0 Å². The van der Waals surface area contributed by atoms with E-state index >= 15 is 0 Å². The lowest BCUT2D eigenvalue weighted by Crippen LogP contribution is -2.26. The summed E-state index contributed by atoms with van der Waals surface area (Å²) in [5.41, 5.74) is -0.208. The number of carbonyl (C=O) groups excluding carboxylic acids is 1. The number of ether oxygens (including phenoxy) is 1. The zero-order chi connectivity index (χ0) is 7.49. The molecule has 2 heteroatoms. The fraction of sp³-hybridized carbons (Fsp3) is 0.857. The van der Waals surface area contributed by atoms with Crippen LogP contribution in [0.15, 0.2) is 0 Å². The smallest absolute Gasteiger partial charge is 0.148 e. The third-order valence-electron chi connectivity index (χ3n) is 0.731. The molecule has 0 aromatic rings. The molecule has 0 radical (unpaired) electrons. The van der Waals surface area contributed by atoms with Crippen molar-refractivity contribution in [2.45, 2.75) is 39.4 Å². The van der Waals surface area contributed by atoms with E-state index in [4.69, 9.17) is 4.74 Å². The van der Waals surface area contributed by atoms with Crippen LogP contribution in [0.1, 0.15) is 27.7 Å². The minimum Gasteiger partial charge on any atom is -0.365 e. The largest absolute Gasteiger partial charge is 0.365 e. The fourth-order valence-electron chi connectivity index (χ4n) is 0.585. The van der Waals surface area contributed by atoms with Gasteiger partial charge >= 0.3 is 0 Å². The molecule has 0 N–H and O–H groups in total. The Kier molecular flexibility index (Phi) is 2.85. The standard InChI is InChI=1S/C7H14O2/c1-6(5-8)9-7(2,3)4/h5-6H,1-4H3. The monoisotopic (exact) mass is 130 g/mol. The van der Waals surface area contributed by atoms with Gasteiger partial charge in [0.2, 0.25) is 0 Å². The molecule has 2 nitrogen and oxygen atoms in total. The minimum absolute atomic E-state index is 0.208. The van der Waals surface area contributed by atoms with Gasteiger partial charge in [-0.25, -0.2) is 0 Å². The summed E-state index contributed by atoms with van der Waals surface area (Å²) in [6.07, 6.45) is 0.510. The van der Waals surface area contributed by atoms with Crippen LogP contribution in [0.5, 0.6) is 0 Å². The molecular formula is C7H14O2. The van der Waals surface area contributed by atoms with Crippen LogP contribution in [-0.2, 0) is 9.53 Å². The highest BCUT2D eigenvalue weighted by atomic mass is 16.5. The molecule has 0 aromatic heterocycles. The van der Waals surface area contributed by atoms with Crippen molar-refractivity contribution in [3.05, 3.63) is 0 Å². The second-order valence-electron chi connectivity index (χ2n) is 3.07. The highest BCUT2D eigenvalue weighted by Gasteiger charge is 2.13. The predicted octanol–water partition coefficient (Wildman–Crippen LogP) is 1.39. The maximum Gasteiger partial charge on any atom is 0.148 e. The molecule has 54 valence electrons. The van der Waals surface area contributed by atoms with Crippen molar-refractivity contribution >= 4 is 6.29 Å². The number of hydrogen-bond donors (Lipinski definition) is 0. The maximum absolute atomic E-state index is 10.1. The second kappa shape index (κ2) is 2.97. The summed E-state index contributed by atoms with van der Waals surface area (Å²) in [6, 6.07) is 0. The molecule has 1 atom stereocenters. The first kappa shape index (κ1) is 8.63. The summed E-state index contributed by atoms with van der Waals surface area (Å²) in [6.45, 7) is 7.51. The van der Waals surface area contributed by atoms with E-state index in [1.54, 1.807) is 6.92 Å². The highest BCUT2D eigenvalue weighted by molar-refractivity contribution is 5.55. The van der Waals surface area contributed by atoms with E-state index < -0.39 is 0 Å². The van der Waals surface area contributed by atoms with Gasteiger partial charge in [-0.05, 0) is 27.7 Å². The van der Waals surface area contributed by atoms with Crippen molar-refractivity contribution in [2.24, 2.45) is 0 Å². The number of aldehydes is 1. The predicted molar refractivity (Wildman–Crippen MR) is 36.4 cm³/mol. The van der Waals surface area contributed by atoms with Gasteiger partial charge in [-0.3, -0.25) is 0 Å². The Labute approximate surface area is 56.2 Å². The van der Waals surface area contributed by atoms with Crippen LogP contribution < -0.4 is 0 Å². The lowest BCUT2D eigenvalue weighted by atomic mass is 10.2. The van der Waals surface area contributed by atoms with Gasteiger partial charge in [0.05, 0.1) is 5.60 Å². The molecule has 9 heavy (non-hydrogen) atoms. The summed E-state index contributed by atoms with van der Waals surface area (Å²) < 4.78 is 5.22. The zero-order valence-electron chi connectivity index (χ0n) is 6.47. The summed E-state index contributed by atoms with van der Waals surface area (Å²) in [4.78, 5) is 10.1. The molecule has 0 rings (SSSR count). The number of rotatable bonds is 2. The molecule has 0 spiro atoms. The quantitative estimate of drug-likeness (QED) is 0.528. The normalized spacial score (nSPS) is 15.1. The van der Waals surface area contributed by atoms with Crippen LogP contribution >= 0.6 is 0 Å². The van der Waals surface area contributed by atoms with E-state index in [-0.39, 0.29) is 11.7 Å². The molecule has 0 aromatic carbocycles.